The third-order valence-electron chi connectivity index (χ3n) is 4.78. The van der Waals surface area contributed by atoms with Gasteiger partial charge in [-0.05, 0) is 64.4 Å². The molecule has 2 aromatic heterocycles. The quantitative estimate of drug-likeness (QED) is 0.167. The van der Waals surface area contributed by atoms with Crippen LogP contribution >= 0.6 is 34.4 Å². The molecule has 14 heteroatoms. The molecule has 0 radical (unpaired) electrons. The normalized spacial score (nSPS) is 10.7. The zero-order chi connectivity index (χ0) is 28.5. The van der Waals surface area contributed by atoms with Crippen LogP contribution in [0.25, 0.3) is 0 Å². The van der Waals surface area contributed by atoms with Crippen LogP contribution in [0, 0.1) is 6.92 Å². The molecule has 208 valence electrons. The third-order valence-corrected chi connectivity index (χ3v) is 7.94. The molecule has 0 unspecified atom stereocenters. The van der Waals surface area contributed by atoms with Crippen molar-refractivity contribution in [2.45, 2.75) is 45.1 Å². The van der Waals surface area contributed by atoms with Gasteiger partial charge in [0.05, 0.1) is 30.6 Å². The molecule has 0 saturated heterocycles. The molecular weight excluding hydrogens is 564 g/mol. The fourth-order valence-corrected chi connectivity index (χ4v) is 5.83. The Morgan fingerprint density at radius 2 is 1.62 bits per heavy atom. The summed E-state index contributed by atoms with van der Waals surface area (Å²) in [6, 6.07) is 6.73. The predicted octanol–water partition coefficient (Wildman–Crippen LogP) is 5.03. The summed E-state index contributed by atoms with van der Waals surface area (Å²) in [7, 11) is 0. The predicted molar refractivity (Wildman–Crippen MR) is 150 cm³/mol. The zero-order valence-electron chi connectivity index (χ0n) is 22.0. The van der Waals surface area contributed by atoms with Crippen LogP contribution in [-0.2, 0) is 14.3 Å². The van der Waals surface area contributed by atoms with E-state index in [-0.39, 0.29) is 51.6 Å². The van der Waals surface area contributed by atoms with Gasteiger partial charge in [-0.1, -0.05) is 23.1 Å². The number of esters is 2. The Hall–Kier alpha value is -3.49. The summed E-state index contributed by atoms with van der Waals surface area (Å²) in [5.41, 5.74) is 0.931. The molecule has 3 aromatic rings. The minimum absolute atomic E-state index is 0.0279. The second-order valence-electron chi connectivity index (χ2n) is 8.06. The van der Waals surface area contributed by atoms with Crippen LogP contribution in [0.5, 0.6) is 5.75 Å². The number of thioether (sulfide) groups is 1. The minimum Gasteiger partial charge on any atom is -0.491 e. The first-order chi connectivity index (χ1) is 18.6. The molecule has 2 heterocycles. The van der Waals surface area contributed by atoms with Crippen molar-refractivity contribution in [3.05, 3.63) is 45.8 Å². The summed E-state index contributed by atoms with van der Waals surface area (Å²) >= 11 is 3.18. The molecule has 0 saturated carbocycles. The maximum Gasteiger partial charge on any atom is 0.348 e. The largest absolute Gasteiger partial charge is 0.491 e. The van der Waals surface area contributed by atoms with E-state index in [0.29, 0.717) is 21.2 Å². The highest BCUT2D eigenvalue weighted by molar-refractivity contribution is 8.01. The zero-order valence-corrected chi connectivity index (χ0v) is 24.4. The molecule has 0 fully saturated rings. The van der Waals surface area contributed by atoms with E-state index in [0.717, 1.165) is 34.4 Å². The highest BCUT2D eigenvalue weighted by atomic mass is 32.2. The van der Waals surface area contributed by atoms with Crippen molar-refractivity contribution in [2.75, 3.05) is 29.6 Å². The van der Waals surface area contributed by atoms with Gasteiger partial charge in [-0.2, -0.15) is 0 Å². The molecule has 1 aromatic carbocycles. The summed E-state index contributed by atoms with van der Waals surface area (Å²) in [4.78, 5) is 50.2. The van der Waals surface area contributed by atoms with Gasteiger partial charge in [0.15, 0.2) is 4.34 Å². The van der Waals surface area contributed by atoms with Crippen molar-refractivity contribution in [3.63, 3.8) is 0 Å². The number of hydrogen-bond acceptors (Lipinski definition) is 12. The van der Waals surface area contributed by atoms with Gasteiger partial charge in [-0.25, -0.2) is 9.59 Å². The number of anilines is 2. The summed E-state index contributed by atoms with van der Waals surface area (Å²) in [5, 5.41) is 13.8. The van der Waals surface area contributed by atoms with E-state index in [9.17, 15) is 19.2 Å². The third kappa shape index (κ3) is 8.25. The van der Waals surface area contributed by atoms with Gasteiger partial charge in [0.1, 0.15) is 15.6 Å². The lowest BCUT2D eigenvalue weighted by Crippen LogP contribution is -2.16. The van der Waals surface area contributed by atoms with Crippen molar-refractivity contribution in [1.29, 1.82) is 0 Å². The van der Waals surface area contributed by atoms with Gasteiger partial charge in [0.2, 0.25) is 11.0 Å². The number of nitrogens with zero attached hydrogens (tertiary/aromatic N) is 2. The Morgan fingerprint density at radius 1 is 0.949 bits per heavy atom. The number of carbonyl (C=O) groups is 4. The summed E-state index contributed by atoms with van der Waals surface area (Å²) in [6.07, 6.45) is 0.0279. The second-order valence-corrected chi connectivity index (χ2v) is 11.3. The average molecular weight is 593 g/mol. The van der Waals surface area contributed by atoms with Gasteiger partial charge in [0, 0.05) is 5.56 Å². The van der Waals surface area contributed by atoms with Crippen LogP contribution in [0.2, 0.25) is 0 Å². The highest BCUT2D eigenvalue weighted by Crippen LogP contribution is 2.35. The second kappa shape index (κ2) is 14.1. The topological polar surface area (TPSA) is 146 Å². The van der Waals surface area contributed by atoms with E-state index < -0.39 is 17.8 Å². The van der Waals surface area contributed by atoms with Gasteiger partial charge in [0.25, 0.3) is 5.91 Å². The molecule has 2 N–H and O–H groups in total. The van der Waals surface area contributed by atoms with Crippen LogP contribution < -0.4 is 15.4 Å². The number of aromatic nitrogens is 2. The van der Waals surface area contributed by atoms with Crippen LogP contribution in [0.1, 0.15) is 63.6 Å². The standard InChI is InChI=1S/C25H28N4O7S3/c1-6-34-22(32)18-14(5)19(23(33)35-7-2)38-21(18)26-17(30)12-37-25-29-28-24(39-25)27-20(31)15-8-10-16(11-9-15)36-13(3)4/h8-11,13H,6-7,12H2,1-5H3,(H,26,30)(H,27,28,31). The molecule has 11 nitrogen and oxygen atoms in total. The van der Waals surface area contributed by atoms with E-state index in [4.69, 9.17) is 14.2 Å². The van der Waals surface area contributed by atoms with Crippen molar-refractivity contribution in [2.24, 2.45) is 0 Å². The van der Waals surface area contributed by atoms with E-state index in [1.165, 1.54) is 0 Å². The fourth-order valence-electron chi connectivity index (χ4n) is 3.18. The molecule has 39 heavy (non-hydrogen) atoms. The van der Waals surface area contributed by atoms with Gasteiger partial charge >= 0.3 is 11.9 Å². The maximum atomic E-state index is 12.7. The number of benzene rings is 1. The van der Waals surface area contributed by atoms with E-state index in [1.54, 1.807) is 45.0 Å². The number of ether oxygens (including phenoxy) is 3. The molecule has 0 atom stereocenters. The van der Waals surface area contributed by atoms with Crippen LogP contribution in [-0.4, -0.2) is 59.0 Å². The molecule has 3 rings (SSSR count). The molecule has 0 spiro atoms. The summed E-state index contributed by atoms with van der Waals surface area (Å²) in [6.45, 7) is 9.09. The van der Waals surface area contributed by atoms with Gasteiger partial charge < -0.3 is 19.5 Å². The SMILES string of the molecule is CCOC(=O)c1sc(NC(=O)CSc2nnc(NC(=O)c3ccc(OC(C)C)cc3)s2)c(C(=O)OCC)c1C. The number of hydrogen-bond donors (Lipinski definition) is 2. The van der Waals surface area contributed by atoms with Gasteiger partial charge in [-0.15, -0.1) is 21.5 Å². The number of thiophene rings is 1. The highest BCUT2D eigenvalue weighted by Gasteiger charge is 2.27. The smallest absolute Gasteiger partial charge is 0.348 e. The number of rotatable bonds is 12. The molecule has 0 bridgehead atoms. The number of carbonyl (C=O) groups excluding carboxylic acids is 4. The lowest BCUT2D eigenvalue weighted by atomic mass is 10.1. The monoisotopic (exact) mass is 592 g/mol. The number of nitrogens with one attached hydrogen (secondary N) is 2. The Kier molecular flexibility index (Phi) is 10.8. The first-order valence-electron chi connectivity index (χ1n) is 11.9. The summed E-state index contributed by atoms with van der Waals surface area (Å²) in [5.74, 6) is -1.38. The Labute approximate surface area is 237 Å². The minimum atomic E-state index is -0.642. The van der Waals surface area contributed by atoms with Crippen LogP contribution in [0.15, 0.2) is 28.6 Å². The van der Waals surface area contributed by atoms with Gasteiger partial charge in [-0.3, -0.25) is 14.9 Å². The van der Waals surface area contributed by atoms with Crippen molar-refractivity contribution in [3.8, 4) is 5.75 Å². The lowest BCUT2D eigenvalue weighted by Gasteiger charge is -2.09. The molecule has 2 amide bonds. The van der Waals surface area contributed by atoms with E-state index in [1.807, 2.05) is 13.8 Å². The van der Waals surface area contributed by atoms with E-state index >= 15 is 0 Å². The Bertz CT molecular complexity index is 1340. The Morgan fingerprint density at radius 3 is 2.26 bits per heavy atom. The number of amides is 2. The van der Waals surface area contributed by atoms with E-state index in [2.05, 4.69) is 20.8 Å². The summed E-state index contributed by atoms with van der Waals surface area (Å²) < 4.78 is 16.2. The maximum absolute atomic E-state index is 12.7. The molecule has 0 aliphatic carbocycles. The molecule has 0 aliphatic rings. The Balaban J connectivity index is 1.61. The van der Waals surface area contributed by atoms with Crippen molar-refractivity contribution in [1.82, 2.24) is 10.2 Å². The molecule has 0 aliphatic heterocycles. The van der Waals surface area contributed by atoms with Crippen LogP contribution in [0.3, 0.4) is 0 Å². The van der Waals surface area contributed by atoms with Crippen molar-refractivity contribution >= 4 is 68.3 Å². The fraction of sp³-hybridized carbons (Fsp3) is 0.360. The lowest BCUT2D eigenvalue weighted by molar-refractivity contribution is -0.113. The van der Waals surface area contributed by atoms with Crippen molar-refractivity contribution < 1.29 is 33.4 Å². The van der Waals surface area contributed by atoms with Crippen LogP contribution in [0.4, 0.5) is 10.1 Å². The average Bonchev–Trinajstić information content (AvgIpc) is 3.46. The first-order valence-corrected chi connectivity index (χ1v) is 14.6. The first kappa shape index (κ1) is 30.1. The molecular formula is C25H28N4O7S3.